The van der Waals surface area contributed by atoms with E-state index in [0.29, 0.717) is 29.1 Å². The van der Waals surface area contributed by atoms with Crippen LogP contribution in [-0.4, -0.2) is 61.3 Å². The highest BCUT2D eigenvalue weighted by molar-refractivity contribution is 8.24. The molecule has 2 aromatic carbocycles. The molecule has 3 aromatic rings. The number of aromatic nitrogens is 2. The monoisotopic (exact) mass is 470 g/mol. The summed E-state index contributed by atoms with van der Waals surface area (Å²) in [5.41, 5.74) is 1.98. The second-order valence-corrected chi connectivity index (χ2v) is 10.1. The molecule has 4 N–H and O–H groups in total. The number of fused-ring (bicyclic) bond motifs is 1. The number of para-hydroxylation sites is 1. The second kappa shape index (κ2) is 9.36. The summed E-state index contributed by atoms with van der Waals surface area (Å²) >= 11 is 0. The average Bonchev–Trinajstić information content (AvgIpc) is 3.18. The van der Waals surface area contributed by atoms with Crippen molar-refractivity contribution < 1.29 is 23.8 Å². The number of carbonyl (C=O) groups excluding carboxylic acids is 1. The number of carboxylic acid groups (broad SMARTS) is 1. The molecular weight excluding hydrogens is 444 g/mol. The number of carboxylic acids is 1. The van der Waals surface area contributed by atoms with Crippen LogP contribution in [0, 0.1) is 0 Å². The van der Waals surface area contributed by atoms with E-state index in [-0.39, 0.29) is 23.9 Å². The van der Waals surface area contributed by atoms with Gasteiger partial charge in [0.2, 0.25) is 5.91 Å². The zero-order chi connectivity index (χ0) is 23.6. The molecule has 0 bridgehead atoms. The first kappa shape index (κ1) is 23.0. The maximum atomic E-state index is 13.0. The van der Waals surface area contributed by atoms with Crippen LogP contribution in [0.4, 0.5) is 5.69 Å². The van der Waals surface area contributed by atoms with Gasteiger partial charge in [-0.1, -0.05) is 42.5 Å². The van der Waals surface area contributed by atoms with Crippen LogP contribution in [0.15, 0.2) is 65.7 Å². The number of hydrogen-bond donors (Lipinski definition) is 4. The summed E-state index contributed by atoms with van der Waals surface area (Å²) in [6.45, 7) is 0.715. The minimum atomic E-state index is -3.18. The first-order valence-corrected chi connectivity index (χ1v) is 12.2. The van der Waals surface area contributed by atoms with Gasteiger partial charge in [0.15, 0.2) is 5.69 Å². The van der Waals surface area contributed by atoms with Crippen molar-refractivity contribution in [1.29, 1.82) is 0 Å². The Kier molecular flexibility index (Phi) is 6.52. The average molecular weight is 471 g/mol. The summed E-state index contributed by atoms with van der Waals surface area (Å²) in [5.74, 6) is -1.54. The van der Waals surface area contributed by atoms with E-state index in [1.165, 1.54) is 4.90 Å². The van der Waals surface area contributed by atoms with Gasteiger partial charge in [0.25, 0.3) is 0 Å². The summed E-state index contributed by atoms with van der Waals surface area (Å²) in [4.78, 5) is 26.4. The summed E-state index contributed by atoms with van der Waals surface area (Å²) < 4.78 is 23.0. The Balaban J connectivity index is 1.47. The molecule has 1 aromatic heterocycles. The maximum Gasteiger partial charge on any atom is 0.356 e. The van der Waals surface area contributed by atoms with E-state index in [0.717, 1.165) is 5.56 Å². The Hall–Kier alpha value is -3.18. The predicted octanol–water partition coefficient (Wildman–Crippen LogP) is 2.92. The molecule has 0 fully saturated rings. The Bertz CT molecular complexity index is 1160. The van der Waals surface area contributed by atoms with Crippen molar-refractivity contribution in [1.82, 2.24) is 15.1 Å². The van der Waals surface area contributed by atoms with E-state index in [2.05, 4.69) is 10.4 Å². The molecule has 4 rings (SSSR count). The lowest BCUT2D eigenvalue weighted by molar-refractivity contribution is -0.119. The van der Waals surface area contributed by atoms with Crippen LogP contribution in [0.2, 0.25) is 0 Å². The number of nitrogens with zero attached hydrogens (tertiary/aromatic N) is 3. The molecule has 0 spiro atoms. The minimum absolute atomic E-state index is 0.0336. The molecule has 174 valence electrons. The van der Waals surface area contributed by atoms with Gasteiger partial charge in [0.05, 0.1) is 22.9 Å². The van der Waals surface area contributed by atoms with Crippen LogP contribution >= 0.6 is 10.6 Å². The van der Waals surface area contributed by atoms with E-state index in [1.807, 2.05) is 30.3 Å². The fourth-order valence-corrected chi connectivity index (χ4v) is 5.70. The van der Waals surface area contributed by atoms with E-state index >= 15 is 0 Å². The Morgan fingerprint density at radius 3 is 2.58 bits per heavy atom. The number of likely N-dealkylation sites (N-methyl/N-ethyl adjacent to an activating group) is 1. The summed E-state index contributed by atoms with van der Waals surface area (Å²) in [5, 5.41) is 16.8. The van der Waals surface area contributed by atoms with Gasteiger partial charge in [-0.2, -0.15) is 15.7 Å². The Morgan fingerprint density at radius 2 is 1.85 bits per heavy atom. The fraction of sp³-hybridized carbons (Fsp3) is 0.261. The lowest BCUT2D eigenvalue weighted by Crippen LogP contribution is -2.47. The van der Waals surface area contributed by atoms with Crippen LogP contribution in [0.5, 0.6) is 0 Å². The highest BCUT2D eigenvalue weighted by Gasteiger charge is 2.36. The van der Waals surface area contributed by atoms with Crippen molar-refractivity contribution in [2.75, 3.05) is 24.2 Å². The normalized spacial score (nSPS) is 18.5. The molecule has 1 unspecified atom stereocenters. The van der Waals surface area contributed by atoms with Crippen LogP contribution < -0.4 is 10.2 Å². The first-order chi connectivity index (χ1) is 15.8. The van der Waals surface area contributed by atoms with Crippen LogP contribution in [0.1, 0.15) is 21.6 Å². The van der Waals surface area contributed by atoms with Crippen molar-refractivity contribution in [2.45, 2.75) is 23.9 Å². The Labute approximate surface area is 193 Å². The van der Waals surface area contributed by atoms with Gasteiger partial charge in [-0.25, -0.2) is 4.79 Å². The van der Waals surface area contributed by atoms with Crippen molar-refractivity contribution in [2.24, 2.45) is 0 Å². The highest BCUT2D eigenvalue weighted by atomic mass is 32.3. The van der Waals surface area contributed by atoms with Gasteiger partial charge in [0, 0.05) is 25.4 Å². The zero-order valence-corrected chi connectivity index (χ0v) is 18.9. The van der Waals surface area contributed by atoms with Gasteiger partial charge in [-0.05, 0) is 24.1 Å². The van der Waals surface area contributed by atoms with Crippen LogP contribution in [0.3, 0.4) is 0 Å². The molecule has 0 radical (unpaired) electrons. The van der Waals surface area contributed by atoms with Crippen molar-refractivity contribution in [3.8, 4) is 0 Å². The molecule has 1 atom stereocenters. The summed E-state index contributed by atoms with van der Waals surface area (Å²) in [6.07, 6.45) is 2.01. The molecule has 33 heavy (non-hydrogen) atoms. The highest BCUT2D eigenvalue weighted by Crippen LogP contribution is 2.54. The number of carbonyl (C=O) groups is 2. The smallest absolute Gasteiger partial charge is 0.356 e. The molecule has 1 amide bonds. The van der Waals surface area contributed by atoms with Gasteiger partial charge < -0.3 is 15.3 Å². The predicted molar refractivity (Wildman–Crippen MR) is 126 cm³/mol. The van der Waals surface area contributed by atoms with Crippen LogP contribution in [0.25, 0.3) is 0 Å². The van der Waals surface area contributed by atoms with E-state index < -0.39 is 22.6 Å². The van der Waals surface area contributed by atoms with E-state index in [1.54, 1.807) is 42.2 Å². The third-order valence-corrected chi connectivity index (χ3v) is 7.47. The first-order valence-electron chi connectivity index (χ1n) is 10.5. The topological polar surface area (TPSA) is 128 Å². The molecule has 0 aliphatic carbocycles. The summed E-state index contributed by atoms with van der Waals surface area (Å²) in [7, 11) is -1.57. The standard InChI is InChI=1S/C23H26N4O5S/c1-26-19-9-5-6-10-20(19)33(31,32)15-18(22(26)28)24-12-11-17-14-27(25-21(17)23(29)30)13-16-7-3-2-4-8-16/h2-10,14,18,24,31-32H,11-13,15H2,1H3,(H,29,30). The fourth-order valence-electron chi connectivity index (χ4n) is 3.96. The molecule has 1 aliphatic rings. The molecular formula is C23H26N4O5S. The molecule has 0 saturated carbocycles. The molecule has 1 aliphatic heterocycles. The molecule has 0 saturated heterocycles. The quantitative estimate of drug-likeness (QED) is 0.418. The lowest BCUT2D eigenvalue weighted by atomic mass is 10.1. The van der Waals surface area contributed by atoms with Gasteiger partial charge >= 0.3 is 5.97 Å². The third-order valence-electron chi connectivity index (χ3n) is 5.62. The number of amides is 1. The van der Waals surface area contributed by atoms with Gasteiger partial charge in [0.1, 0.15) is 6.04 Å². The van der Waals surface area contributed by atoms with Crippen molar-refractivity contribution in [3.05, 3.63) is 77.6 Å². The Morgan fingerprint density at radius 1 is 1.15 bits per heavy atom. The lowest BCUT2D eigenvalue weighted by Gasteiger charge is -2.33. The maximum absolute atomic E-state index is 13.0. The molecule has 9 nitrogen and oxygen atoms in total. The van der Waals surface area contributed by atoms with Crippen LogP contribution in [-0.2, 0) is 17.8 Å². The number of anilines is 1. The van der Waals surface area contributed by atoms with E-state index in [4.69, 9.17) is 0 Å². The third kappa shape index (κ3) is 4.93. The number of rotatable bonds is 7. The van der Waals surface area contributed by atoms with Crippen molar-refractivity contribution >= 4 is 28.2 Å². The van der Waals surface area contributed by atoms with E-state index in [9.17, 15) is 23.8 Å². The largest absolute Gasteiger partial charge is 0.476 e. The molecule has 10 heteroatoms. The zero-order valence-electron chi connectivity index (χ0n) is 18.1. The number of hydrogen-bond acceptors (Lipinski definition) is 6. The number of aromatic carboxylic acids is 1. The SMILES string of the molecule is CN1C(=O)C(NCCc2cn(Cc3ccccc3)nc2C(=O)O)CS(O)(O)c2ccccc21. The second-order valence-electron chi connectivity index (χ2n) is 7.95. The minimum Gasteiger partial charge on any atom is -0.476 e. The number of benzene rings is 2. The van der Waals surface area contributed by atoms with Gasteiger partial charge in [-0.3, -0.25) is 18.6 Å². The molecule has 2 heterocycles. The van der Waals surface area contributed by atoms with Crippen molar-refractivity contribution in [3.63, 3.8) is 0 Å². The van der Waals surface area contributed by atoms with Gasteiger partial charge in [-0.15, -0.1) is 0 Å². The number of nitrogens with one attached hydrogen (secondary N) is 1. The summed E-state index contributed by atoms with van der Waals surface area (Å²) in [6, 6.07) is 15.5.